The van der Waals surface area contributed by atoms with Gasteiger partial charge >= 0.3 is 29.6 Å². The molecule has 12 heavy (non-hydrogen) atoms. The summed E-state index contributed by atoms with van der Waals surface area (Å²) < 4.78 is 61.5. The molecule has 0 radical (unpaired) electrons. The van der Waals surface area contributed by atoms with Crippen LogP contribution in [0.5, 0.6) is 0 Å². The predicted octanol–water partition coefficient (Wildman–Crippen LogP) is -5.32. The Labute approximate surface area is 90.1 Å². The first kappa shape index (κ1) is 18.5. The molecule has 1 N–H and O–H groups in total. The van der Waals surface area contributed by atoms with E-state index in [4.69, 9.17) is 0 Å². The average molecular weight is 232 g/mol. The first-order valence-corrected chi connectivity index (χ1v) is 4.17. The molecule has 0 aromatic carbocycles. The molecule has 12 heteroatoms. The largest absolute Gasteiger partial charge is 1.00 e. The van der Waals surface area contributed by atoms with Crippen molar-refractivity contribution < 1.29 is 69.6 Å². The van der Waals surface area contributed by atoms with Gasteiger partial charge in [-0.3, -0.25) is 0 Å². The van der Waals surface area contributed by atoms with E-state index in [0.717, 1.165) is 0 Å². The third-order valence-corrected chi connectivity index (χ3v) is 0.750. The van der Waals surface area contributed by atoms with E-state index in [9.17, 15) is 25.9 Å². The molecule has 0 amide bonds. The molecule has 0 bridgehead atoms. The van der Waals surface area contributed by atoms with Crippen LogP contribution in [0.4, 0.5) is 0 Å². The first-order valence-electron chi connectivity index (χ1n) is 1.50. The predicted molar refractivity (Wildman–Crippen MR) is 23.5 cm³/mol. The molecule has 0 unspecified atom stereocenters. The summed E-state index contributed by atoms with van der Waals surface area (Å²) in [5, 5.41) is 0. The maximum Gasteiger partial charge on any atom is 1.00 e. The Morgan fingerprint density at radius 1 is 0.833 bits per heavy atom. The molecule has 0 atom stereocenters. The Morgan fingerprint density at radius 3 is 1.08 bits per heavy atom. The number of hydrogen-bond donors (Lipinski definition) is 0. The average Bonchev–Trinajstić information content (AvgIpc) is 1.57. The molecule has 0 spiro atoms. The fourth-order valence-corrected chi connectivity index (χ4v) is 0.612. The van der Waals surface area contributed by atoms with Gasteiger partial charge in [-0.1, -0.05) is 0 Å². The van der Waals surface area contributed by atoms with Crippen LogP contribution in [0.2, 0.25) is 0 Å². The van der Waals surface area contributed by atoms with Crippen molar-refractivity contribution in [3.63, 3.8) is 0 Å². The summed E-state index contributed by atoms with van der Waals surface area (Å²) in [6, 6.07) is 0. The van der Waals surface area contributed by atoms with Gasteiger partial charge in [0.15, 0.2) is 0 Å². The van der Waals surface area contributed by atoms with Crippen LogP contribution in [0.3, 0.4) is 0 Å². The summed E-state index contributed by atoms with van der Waals surface area (Å²) in [6.45, 7) is 0. The van der Waals surface area contributed by atoms with Crippen molar-refractivity contribution >= 4 is 20.8 Å². The van der Waals surface area contributed by atoms with E-state index < -0.39 is 20.8 Å². The maximum atomic E-state index is 9.37. The minimum Gasteiger partial charge on any atom is -0.870 e. The minimum atomic E-state index is -5.31. The standard InChI is InChI=1S/Na.H2O8S2.H2O/c;1-9(2,3)7-8-10(4,5)6;/h;(H,1,2,3)(H,4,5,6);1H2/q+1;;/p-3. The van der Waals surface area contributed by atoms with Crippen molar-refractivity contribution in [1.82, 2.24) is 0 Å². The Kier molecular flexibility index (Phi) is 9.54. The molecule has 0 aromatic heterocycles. The molecule has 0 saturated heterocycles. The third-order valence-electron chi connectivity index (χ3n) is 0.194. The zero-order valence-electron chi connectivity index (χ0n) is 5.53. The van der Waals surface area contributed by atoms with Crippen molar-refractivity contribution in [3.8, 4) is 0 Å². The van der Waals surface area contributed by atoms with Crippen LogP contribution in [0.15, 0.2) is 0 Å². The van der Waals surface area contributed by atoms with E-state index >= 15 is 0 Å². The van der Waals surface area contributed by atoms with Gasteiger partial charge in [-0.15, -0.1) is 8.67 Å². The number of rotatable bonds is 3. The van der Waals surface area contributed by atoms with Crippen LogP contribution < -0.4 is 29.6 Å². The zero-order valence-corrected chi connectivity index (χ0v) is 9.16. The zero-order chi connectivity index (χ0) is 8.41. The maximum absolute atomic E-state index is 9.37. The van der Waals surface area contributed by atoms with E-state index in [0.29, 0.717) is 0 Å². The fourth-order valence-electron chi connectivity index (χ4n) is 0.0680. The van der Waals surface area contributed by atoms with Crippen molar-refractivity contribution in [2.45, 2.75) is 0 Å². The Balaban J connectivity index is -0.000000405. The summed E-state index contributed by atoms with van der Waals surface area (Å²) >= 11 is 0. The second-order valence-corrected chi connectivity index (χ2v) is 2.86. The molecule has 0 heterocycles. The molecular weight excluding hydrogens is 231 g/mol. The molecule has 0 fully saturated rings. The van der Waals surface area contributed by atoms with Gasteiger partial charge in [0.05, 0.1) is 0 Å². The first-order chi connectivity index (χ1) is 4.21. The Morgan fingerprint density at radius 2 is 1.00 bits per heavy atom. The van der Waals surface area contributed by atoms with Crippen molar-refractivity contribution in [2.75, 3.05) is 0 Å². The van der Waals surface area contributed by atoms with Gasteiger partial charge in [0.25, 0.3) is 0 Å². The van der Waals surface area contributed by atoms with E-state index in [-0.39, 0.29) is 35.0 Å². The molecule has 0 saturated carbocycles. The molecule has 70 valence electrons. The molecule has 0 rings (SSSR count). The molecular formula is HNaO9S2-2. The van der Waals surface area contributed by atoms with Crippen LogP contribution in [0.25, 0.3) is 0 Å². The van der Waals surface area contributed by atoms with Crippen LogP contribution in [0.1, 0.15) is 0 Å². The van der Waals surface area contributed by atoms with Crippen molar-refractivity contribution in [3.05, 3.63) is 0 Å². The Hall–Kier alpha value is 0.700. The second-order valence-electron chi connectivity index (χ2n) is 0.953. The van der Waals surface area contributed by atoms with Crippen molar-refractivity contribution in [2.24, 2.45) is 0 Å². The van der Waals surface area contributed by atoms with Crippen LogP contribution >= 0.6 is 0 Å². The Bertz CT molecular complexity index is 248. The van der Waals surface area contributed by atoms with Gasteiger partial charge in [0.1, 0.15) is 0 Å². The van der Waals surface area contributed by atoms with Crippen LogP contribution in [0, 0.1) is 0 Å². The molecule has 9 nitrogen and oxygen atoms in total. The SMILES string of the molecule is O=S(=O)([O-])OOS(=O)(=O)[O-].[Na+].[OH-]. The minimum absolute atomic E-state index is 0. The summed E-state index contributed by atoms with van der Waals surface area (Å²) in [4.78, 5) is 0. The quantitative estimate of drug-likeness (QED) is 0.152. The van der Waals surface area contributed by atoms with Gasteiger partial charge in [0.2, 0.25) is 20.8 Å². The summed E-state index contributed by atoms with van der Waals surface area (Å²) in [6.07, 6.45) is 0. The van der Waals surface area contributed by atoms with E-state index in [1.807, 2.05) is 0 Å². The fraction of sp³-hybridized carbons (Fsp3) is 0. The number of hydrogen-bond acceptors (Lipinski definition) is 9. The molecule has 0 aliphatic rings. The third kappa shape index (κ3) is 17.0. The van der Waals surface area contributed by atoms with Crippen LogP contribution in [-0.2, 0) is 29.5 Å². The van der Waals surface area contributed by atoms with E-state index in [1.54, 1.807) is 0 Å². The van der Waals surface area contributed by atoms with Gasteiger partial charge in [-0.2, -0.15) is 0 Å². The van der Waals surface area contributed by atoms with E-state index in [1.165, 1.54) is 0 Å². The normalized spacial score (nSPS) is 11.2. The second kappa shape index (κ2) is 6.20. The van der Waals surface area contributed by atoms with Crippen LogP contribution in [-0.4, -0.2) is 31.4 Å². The van der Waals surface area contributed by atoms with Gasteiger partial charge in [-0.25, -0.2) is 16.8 Å². The van der Waals surface area contributed by atoms with E-state index in [2.05, 4.69) is 8.67 Å². The van der Waals surface area contributed by atoms with Crippen molar-refractivity contribution in [1.29, 1.82) is 0 Å². The molecule has 0 aliphatic carbocycles. The van der Waals surface area contributed by atoms with Gasteiger partial charge < -0.3 is 14.6 Å². The molecule has 0 aliphatic heterocycles. The molecule has 0 aromatic rings. The van der Waals surface area contributed by atoms with Gasteiger partial charge in [-0.05, 0) is 0 Å². The van der Waals surface area contributed by atoms with Gasteiger partial charge in [0, 0.05) is 0 Å². The summed E-state index contributed by atoms with van der Waals surface area (Å²) in [7, 11) is -10.6. The summed E-state index contributed by atoms with van der Waals surface area (Å²) in [5.41, 5.74) is 0. The smallest absolute Gasteiger partial charge is 0.870 e. The monoisotopic (exact) mass is 232 g/mol. The topological polar surface area (TPSA) is 163 Å². The summed E-state index contributed by atoms with van der Waals surface area (Å²) in [5.74, 6) is 0.